The first-order valence-electron chi connectivity index (χ1n) is 8.95. The molecule has 1 amide bonds. The average Bonchev–Trinajstić information content (AvgIpc) is 3.42. The van der Waals surface area contributed by atoms with Crippen LogP contribution in [0, 0.1) is 0 Å². The van der Waals surface area contributed by atoms with Gasteiger partial charge in [0, 0.05) is 23.9 Å². The number of hydrogen-bond acceptors (Lipinski definition) is 4. The first-order chi connectivity index (χ1) is 14.2. The van der Waals surface area contributed by atoms with Crippen LogP contribution >= 0.6 is 22.9 Å². The van der Waals surface area contributed by atoms with Crippen molar-refractivity contribution in [2.24, 2.45) is 0 Å². The van der Waals surface area contributed by atoms with E-state index in [9.17, 15) is 4.79 Å². The van der Waals surface area contributed by atoms with Gasteiger partial charge in [0.15, 0.2) is 0 Å². The van der Waals surface area contributed by atoms with Crippen LogP contribution in [0.25, 0.3) is 16.3 Å². The van der Waals surface area contributed by atoms with E-state index in [0.717, 1.165) is 21.8 Å². The van der Waals surface area contributed by atoms with Crippen molar-refractivity contribution in [3.05, 3.63) is 88.4 Å². The lowest BCUT2D eigenvalue weighted by atomic mass is 10.2. The van der Waals surface area contributed by atoms with Gasteiger partial charge < -0.3 is 10.1 Å². The van der Waals surface area contributed by atoms with Crippen molar-refractivity contribution < 1.29 is 9.53 Å². The second kappa shape index (κ2) is 8.51. The maximum atomic E-state index is 12.6. The van der Waals surface area contributed by atoms with Crippen LogP contribution < -0.4 is 10.1 Å². The Bertz CT molecular complexity index is 1120. The molecule has 2 aromatic carbocycles. The van der Waals surface area contributed by atoms with Crippen LogP contribution in [0.1, 0.15) is 15.9 Å². The Labute approximate surface area is 177 Å². The Kier molecular flexibility index (Phi) is 5.64. The maximum absolute atomic E-state index is 12.6. The molecule has 0 saturated heterocycles. The zero-order valence-corrected chi connectivity index (χ0v) is 17.2. The van der Waals surface area contributed by atoms with Gasteiger partial charge in [0.2, 0.25) is 0 Å². The summed E-state index contributed by atoms with van der Waals surface area (Å²) in [4.78, 5) is 13.7. The third kappa shape index (κ3) is 4.18. The molecule has 5 nitrogen and oxygen atoms in total. The maximum Gasteiger partial charge on any atom is 0.251 e. The molecule has 2 aromatic heterocycles. The van der Waals surface area contributed by atoms with E-state index in [2.05, 4.69) is 5.32 Å². The zero-order chi connectivity index (χ0) is 20.2. The molecule has 0 spiro atoms. The van der Waals surface area contributed by atoms with Gasteiger partial charge in [-0.1, -0.05) is 35.9 Å². The normalized spacial score (nSPS) is 10.7. The van der Waals surface area contributed by atoms with Gasteiger partial charge in [-0.05, 0) is 41.8 Å². The molecule has 2 heterocycles. The Morgan fingerprint density at radius 1 is 1.17 bits per heavy atom. The van der Waals surface area contributed by atoms with Crippen molar-refractivity contribution in [2.75, 3.05) is 7.11 Å². The molecule has 0 saturated carbocycles. The minimum absolute atomic E-state index is 0.209. The molecule has 0 aliphatic carbocycles. The minimum atomic E-state index is -0.209. The average molecular weight is 424 g/mol. The van der Waals surface area contributed by atoms with E-state index in [-0.39, 0.29) is 5.91 Å². The standard InChI is InChI=1S/C22H18ClN3O2S/c1-28-19-10-9-15(12-18(19)23)22(27)24-13-16-14-26(17-6-3-2-4-7-17)25-21(16)20-8-5-11-29-20/h2-12,14H,13H2,1H3,(H,24,27). The van der Waals surface area contributed by atoms with E-state index >= 15 is 0 Å². The van der Waals surface area contributed by atoms with Crippen LogP contribution in [0.15, 0.2) is 72.2 Å². The summed E-state index contributed by atoms with van der Waals surface area (Å²) in [5.41, 5.74) is 3.23. The quantitative estimate of drug-likeness (QED) is 0.464. The molecule has 4 rings (SSSR count). The number of halogens is 1. The lowest BCUT2D eigenvalue weighted by Crippen LogP contribution is -2.22. The van der Waals surface area contributed by atoms with Gasteiger partial charge in [0.05, 0.1) is 22.7 Å². The summed E-state index contributed by atoms with van der Waals surface area (Å²) in [5, 5.41) is 10.1. The van der Waals surface area contributed by atoms with Gasteiger partial charge >= 0.3 is 0 Å². The number of nitrogens with zero attached hydrogens (tertiary/aromatic N) is 2. The molecule has 0 bridgehead atoms. The SMILES string of the molecule is COc1ccc(C(=O)NCc2cn(-c3ccccc3)nc2-c2cccs2)cc1Cl. The molecule has 0 unspecified atom stereocenters. The number of ether oxygens (including phenoxy) is 1. The summed E-state index contributed by atoms with van der Waals surface area (Å²) in [6.45, 7) is 0.350. The number of methoxy groups -OCH3 is 1. The van der Waals surface area contributed by atoms with Crippen LogP contribution in [0.4, 0.5) is 0 Å². The Hall–Kier alpha value is -3.09. The van der Waals surface area contributed by atoms with E-state index in [1.807, 2.05) is 58.7 Å². The summed E-state index contributed by atoms with van der Waals surface area (Å²) in [7, 11) is 1.54. The first-order valence-corrected chi connectivity index (χ1v) is 10.2. The molecule has 0 radical (unpaired) electrons. The molecule has 0 aliphatic heterocycles. The van der Waals surface area contributed by atoms with Crippen molar-refractivity contribution in [3.63, 3.8) is 0 Å². The highest BCUT2D eigenvalue weighted by Gasteiger charge is 2.15. The van der Waals surface area contributed by atoms with Crippen LogP contribution in [0.3, 0.4) is 0 Å². The fourth-order valence-corrected chi connectivity index (χ4v) is 3.96. The fraction of sp³-hybridized carbons (Fsp3) is 0.0909. The number of rotatable bonds is 6. The number of hydrogen-bond donors (Lipinski definition) is 1. The van der Waals surface area contributed by atoms with Crippen LogP contribution in [0.2, 0.25) is 5.02 Å². The fourth-order valence-electron chi connectivity index (χ4n) is 2.96. The lowest BCUT2D eigenvalue weighted by molar-refractivity contribution is 0.0951. The van der Waals surface area contributed by atoms with Crippen molar-refractivity contribution in [3.8, 4) is 22.0 Å². The molecule has 1 N–H and O–H groups in total. The summed E-state index contributed by atoms with van der Waals surface area (Å²) < 4.78 is 6.97. The third-order valence-electron chi connectivity index (χ3n) is 4.42. The van der Waals surface area contributed by atoms with Gasteiger partial charge in [-0.2, -0.15) is 5.10 Å². The Morgan fingerprint density at radius 2 is 2.00 bits per heavy atom. The van der Waals surface area contributed by atoms with Crippen LogP contribution in [-0.4, -0.2) is 22.8 Å². The van der Waals surface area contributed by atoms with Crippen molar-refractivity contribution in [1.29, 1.82) is 0 Å². The number of carbonyl (C=O) groups is 1. The topological polar surface area (TPSA) is 56.1 Å². The Morgan fingerprint density at radius 3 is 2.69 bits per heavy atom. The van der Waals surface area contributed by atoms with Crippen molar-refractivity contribution in [2.45, 2.75) is 6.54 Å². The molecule has 29 heavy (non-hydrogen) atoms. The number of carbonyl (C=O) groups excluding carboxylic acids is 1. The van der Waals surface area contributed by atoms with Crippen molar-refractivity contribution in [1.82, 2.24) is 15.1 Å². The van der Waals surface area contributed by atoms with Crippen molar-refractivity contribution >= 4 is 28.8 Å². The monoisotopic (exact) mass is 423 g/mol. The van der Waals surface area contributed by atoms with Crippen LogP contribution in [-0.2, 0) is 6.54 Å². The van der Waals surface area contributed by atoms with Crippen LogP contribution in [0.5, 0.6) is 5.75 Å². The Balaban J connectivity index is 1.58. The van der Waals surface area contributed by atoms with Gasteiger partial charge in [0.25, 0.3) is 5.91 Å². The van der Waals surface area contributed by atoms with E-state index < -0.39 is 0 Å². The molecule has 4 aromatic rings. The lowest BCUT2D eigenvalue weighted by Gasteiger charge is -2.07. The summed E-state index contributed by atoms with van der Waals surface area (Å²) in [6, 6.07) is 18.9. The predicted octanol–water partition coefficient (Wildman–Crippen LogP) is 5.19. The van der Waals surface area contributed by atoms with E-state index in [4.69, 9.17) is 21.4 Å². The molecular formula is C22H18ClN3O2S. The number of amides is 1. The number of para-hydroxylation sites is 1. The van der Waals surface area contributed by atoms with Gasteiger partial charge in [0.1, 0.15) is 11.4 Å². The molecule has 146 valence electrons. The smallest absolute Gasteiger partial charge is 0.251 e. The highest BCUT2D eigenvalue weighted by molar-refractivity contribution is 7.13. The number of nitrogens with one attached hydrogen (secondary N) is 1. The number of aromatic nitrogens is 2. The molecule has 7 heteroatoms. The number of thiophene rings is 1. The largest absolute Gasteiger partial charge is 0.495 e. The second-order valence-corrected chi connectivity index (χ2v) is 7.65. The number of benzene rings is 2. The first kappa shape index (κ1) is 19.2. The summed E-state index contributed by atoms with van der Waals surface area (Å²) >= 11 is 7.75. The molecule has 0 aliphatic rings. The molecule has 0 fully saturated rings. The third-order valence-corrected chi connectivity index (χ3v) is 5.59. The van der Waals surface area contributed by atoms with E-state index in [0.29, 0.717) is 22.9 Å². The zero-order valence-electron chi connectivity index (χ0n) is 15.6. The van der Waals surface area contributed by atoms with Gasteiger partial charge in [-0.25, -0.2) is 4.68 Å². The van der Waals surface area contributed by atoms with E-state index in [1.165, 1.54) is 7.11 Å². The van der Waals surface area contributed by atoms with Gasteiger partial charge in [-0.3, -0.25) is 4.79 Å². The highest BCUT2D eigenvalue weighted by Crippen LogP contribution is 2.28. The van der Waals surface area contributed by atoms with Gasteiger partial charge in [-0.15, -0.1) is 11.3 Å². The van der Waals surface area contributed by atoms with E-state index in [1.54, 1.807) is 29.5 Å². The second-order valence-electron chi connectivity index (χ2n) is 6.29. The minimum Gasteiger partial charge on any atom is -0.495 e. The molecule has 0 atom stereocenters. The molecular weight excluding hydrogens is 406 g/mol. The predicted molar refractivity (Wildman–Crippen MR) is 116 cm³/mol. The summed E-state index contributed by atoms with van der Waals surface area (Å²) in [6.07, 6.45) is 1.95. The highest BCUT2D eigenvalue weighted by atomic mass is 35.5. The summed E-state index contributed by atoms with van der Waals surface area (Å²) in [5.74, 6) is 0.325.